The second-order valence-electron chi connectivity index (χ2n) is 2.77. The molecular weight excluding hydrogens is 281 g/mol. The van der Waals surface area contributed by atoms with Gasteiger partial charge >= 0.3 is 6.09 Å². The maximum absolute atomic E-state index is 10.5. The molecule has 0 aliphatic rings. The van der Waals surface area contributed by atoms with E-state index in [2.05, 4.69) is 22.6 Å². The lowest BCUT2D eigenvalue weighted by Crippen LogP contribution is -2.23. The summed E-state index contributed by atoms with van der Waals surface area (Å²) >= 11 is 2.20. The van der Waals surface area contributed by atoms with Crippen molar-refractivity contribution in [2.45, 2.75) is 6.54 Å². The van der Waals surface area contributed by atoms with Crippen LogP contribution >= 0.6 is 22.6 Å². The van der Waals surface area contributed by atoms with E-state index < -0.39 is 6.09 Å². The van der Waals surface area contributed by atoms with Crippen molar-refractivity contribution in [2.75, 3.05) is 7.05 Å². The number of halogens is 1. The molecule has 0 saturated carbocycles. The Bertz CT molecular complexity index is 314. The highest BCUT2D eigenvalue weighted by atomic mass is 127. The standard InChI is InChI=1S/C9H10INO2/c1-11(9(12)13)6-7-3-2-4-8(10)5-7/h2-5H,6H2,1H3,(H,12,13). The highest BCUT2D eigenvalue weighted by Gasteiger charge is 2.05. The van der Waals surface area contributed by atoms with E-state index in [9.17, 15) is 4.79 Å². The lowest BCUT2D eigenvalue weighted by molar-refractivity contribution is 0.153. The third-order valence-electron chi connectivity index (χ3n) is 1.64. The van der Waals surface area contributed by atoms with Gasteiger partial charge < -0.3 is 10.0 Å². The largest absolute Gasteiger partial charge is 0.465 e. The molecule has 0 aliphatic carbocycles. The maximum Gasteiger partial charge on any atom is 0.407 e. The monoisotopic (exact) mass is 291 g/mol. The number of rotatable bonds is 2. The summed E-state index contributed by atoms with van der Waals surface area (Å²) < 4.78 is 1.12. The van der Waals surface area contributed by atoms with Gasteiger partial charge in [-0.1, -0.05) is 12.1 Å². The van der Waals surface area contributed by atoms with Crippen molar-refractivity contribution in [2.24, 2.45) is 0 Å². The predicted molar refractivity (Wildman–Crippen MR) is 58.7 cm³/mol. The molecule has 0 unspecified atom stereocenters. The summed E-state index contributed by atoms with van der Waals surface area (Å²) in [6.45, 7) is 0.437. The lowest BCUT2D eigenvalue weighted by Gasteiger charge is -2.12. The van der Waals surface area contributed by atoms with Crippen molar-refractivity contribution < 1.29 is 9.90 Å². The van der Waals surface area contributed by atoms with Crippen LogP contribution in [0.1, 0.15) is 5.56 Å². The molecule has 1 rings (SSSR count). The topological polar surface area (TPSA) is 40.5 Å². The first-order valence-electron chi connectivity index (χ1n) is 3.78. The zero-order chi connectivity index (χ0) is 9.84. The van der Waals surface area contributed by atoms with E-state index in [-0.39, 0.29) is 0 Å². The molecule has 3 nitrogen and oxygen atoms in total. The fourth-order valence-corrected chi connectivity index (χ4v) is 1.58. The third-order valence-corrected chi connectivity index (χ3v) is 2.31. The molecule has 4 heteroatoms. The highest BCUT2D eigenvalue weighted by molar-refractivity contribution is 14.1. The van der Waals surface area contributed by atoms with Gasteiger partial charge in [-0.15, -0.1) is 0 Å². The van der Waals surface area contributed by atoms with Crippen LogP contribution in [-0.4, -0.2) is 23.1 Å². The van der Waals surface area contributed by atoms with Crippen LogP contribution in [-0.2, 0) is 6.54 Å². The van der Waals surface area contributed by atoms with Crippen LogP contribution < -0.4 is 0 Å². The van der Waals surface area contributed by atoms with Gasteiger partial charge in [0.25, 0.3) is 0 Å². The summed E-state index contributed by atoms with van der Waals surface area (Å²) in [5.74, 6) is 0. The molecule has 0 atom stereocenters. The first-order valence-corrected chi connectivity index (χ1v) is 4.86. The average Bonchev–Trinajstić information content (AvgIpc) is 2.04. The van der Waals surface area contributed by atoms with Crippen LogP contribution in [0.25, 0.3) is 0 Å². The number of hydrogen-bond donors (Lipinski definition) is 1. The summed E-state index contributed by atoms with van der Waals surface area (Å²) in [4.78, 5) is 11.8. The molecule has 0 bridgehead atoms. The van der Waals surface area contributed by atoms with Gasteiger partial charge in [0.15, 0.2) is 0 Å². The van der Waals surface area contributed by atoms with E-state index in [1.807, 2.05) is 24.3 Å². The van der Waals surface area contributed by atoms with Crippen LogP contribution in [0.5, 0.6) is 0 Å². The molecule has 0 spiro atoms. The van der Waals surface area contributed by atoms with Crippen molar-refractivity contribution in [1.29, 1.82) is 0 Å². The molecule has 1 aromatic rings. The fraction of sp³-hybridized carbons (Fsp3) is 0.222. The molecule has 1 aromatic carbocycles. The first kappa shape index (κ1) is 10.3. The number of nitrogens with zero attached hydrogens (tertiary/aromatic N) is 1. The highest BCUT2D eigenvalue weighted by Crippen LogP contribution is 2.09. The van der Waals surface area contributed by atoms with E-state index in [1.165, 1.54) is 4.90 Å². The molecule has 0 aromatic heterocycles. The van der Waals surface area contributed by atoms with E-state index in [4.69, 9.17) is 5.11 Å². The van der Waals surface area contributed by atoms with Crippen molar-refractivity contribution in [3.63, 3.8) is 0 Å². The minimum absolute atomic E-state index is 0.437. The molecular formula is C9H10INO2. The Balaban J connectivity index is 2.69. The van der Waals surface area contributed by atoms with Crippen molar-refractivity contribution in [3.05, 3.63) is 33.4 Å². The zero-order valence-electron chi connectivity index (χ0n) is 7.20. The maximum atomic E-state index is 10.5. The number of carbonyl (C=O) groups is 1. The van der Waals surface area contributed by atoms with Gasteiger partial charge in [0, 0.05) is 17.2 Å². The van der Waals surface area contributed by atoms with Crippen molar-refractivity contribution in [1.82, 2.24) is 4.90 Å². The molecule has 1 N–H and O–H groups in total. The van der Waals surface area contributed by atoms with Crippen LogP contribution in [0.2, 0.25) is 0 Å². The summed E-state index contributed by atoms with van der Waals surface area (Å²) in [5, 5.41) is 8.64. The quantitative estimate of drug-likeness (QED) is 0.850. The van der Waals surface area contributed by atoms with Gasteiger partial charge in [0.05, 0.1) is 0 Å². The first-order chi connectivity index (χ1) is 6.09. The van der Waals surface area contributed by atoms with Gasteiger partial charge in [-0.05, 0) is 40.3 Å². The Morgan fingerprint density at radius 3 is 2.85 bits per heavy atom. The number of benzene rings is 1. The fourth-order valence-electron chi connectivity index (χ4n) is 0.977. The van der Waals surface area contributed by atoms with E-state index in [0.29, 0.717) is 6.54 Å². The van der Waals surface area contributed by atoms with Gasteiger partial charge in [-0.3, -0.25) is 0 Å². The van der Waals surface area contributed by atoms with E-state index >= 15 is 0 Å². The van der Waals surface area contributed by atoms with Crippen LogP contribution in [0.4, 0.5) is 4.79 Å². The second kappa shape index (κ2) is 4.45. The molecule has 0 saturated heterocycles. The van der Waals surface area contributed by atoms with E-state index in [1.54, 1.807) is 7.05 Å². The molecule has 13 heavy (non-hydrogen) atoms. The second-order valence-corrected chi connectivity index (χ2v) is 4.01. The summed E-state index contributed by atoms with van der Waals surface area (Å²) in [6.07, 6.45) is -0.904. The van der Waals surface area contributed by atoms with Gasteiger partial charge in [-0.2, -0.15) is 0 Å². The number of carboxylic acid groups (broad SMARTS) is 1. The SMILES string of the molecule is CN(Cc1cccc(I)c1)C(=O)O. The molecule has 70 valence electrons. The number of hydrogen-bond acceptors (Lipinski definition) is 1. The van der Waals surface area contributed by atoms with Crippen molar-refractivity contribution >= 4 is 28.7 Å². The molecule has 0 aliphatic heterocycles. The Hall–Kier alpha value is -0.780. The normalized spacial score (nSPS) is 9.69. The Kier molecular flexibility index (Phi) is 3.53. The third kappa shape index (κ3) is 3.22. The Morgan fingerprint density at radius 2 is 2.31 bits per heavy atom. The minimum Gasteiger partial charge on any atom is -0.465 e. The number of amides is 1. The molecule has 0 radical (unpaired) electrons. The zero-order valence-corrected chi connectivity index (χ0v) is 9.35. The molecule has 1 amide bonds. The van der Waals surface area contributed by atoms with Gasteiger partial charge in [-0.25, -0.2) is 4.79 Å². The molecule has 0 fully saturated rings. The molecule has 0 heterocycles. The van der Waals surface area contributed by atoms with Crippen LogP contribution in [0.3, 0.4) is 0 Å². The summed E-state index contributed by atoms with van der Waals surface area (Å²) in [5.41, 5.74) is 1.01. The summed E-state index contributed by atoms with van der Waals surface area (Å²) in [6, 6.07) is 7.79. The van der Waals surface area contributed by atoms with Gasteiger partial charge in [0.2, 0.25) is 0 Å². The lowest BCUT2D eigenvalue weighted by atomic mass is 10.2. The van der Waals surface area contributed by atoms with Crippen LogP contribution in [0.15, 0.2) is 24.3 Å². The van der Waals surface area contributed by atoms with Gasteiger partial charge in [0.1, 0.15) is 0 Å². The van der Waals surface area contributed by atoms with E-state index in [0.717, 1.165) is 9.13 Å². The average molecular weight is 291 g/mol. The Labute approximate surface area is 90.5 Å². The van der Waals surface area contributed by atoms with Crippen LogP contribution in [0, 0.1) is 3.57 Å². The summed E-state index contributed by atoms with van der Waals surface area (Å²) in [7, 11) is 1.56. The predicted octanol–water partition coefficient (Wildman–Crippen LogP) is 2.40. The Morgan fingerprint density at radius 1 is 1.62 bits per heavy atom. The smallest absolute Gasteiger partial charge is 0.407 e. The van der Waals surface area contributed by atoms with Crippen molar-refractivity contribution in [3.8, 4) is 0 Å². The minimum atomic E-state index is -0.904.